The second-order valence-corrected chi connectivity index (χ2v) is 8.77. The van der Waals surface area contributed by atoms with Crippen molar-refractivity contribution in [3.8, 4) is 0 Å². The van der Waals surface area contributed by atoms with E-state index in [1.165, 1.54) is 18.5 Å². The molecule has 2 aromatic rings. The number of carbonyl (C=O) groups excluding carboxylic acids is 3. The van der Waals surface area contributed by atoms with Crippen LogP contribution in [0.2, 0.25) is 0 Å². The summed E-state index contributed by atoms with van der Waals surface area (Å²) in [6.45, 7) is 5.45. The number of nitrogens with zero attached hydrogens (tertiary/aromatic N) is 3. The lowest BCUT2D eigenvalue weighted by atomic mass is 10.00. The Morgan fingerprint density at radius 1 is 1.21 bits per heavy atom. The highest BCUT2D eigenvalue weighted by Gasteiger charge is 2.36. The van der Waals surface area contributed by atoms with Gasteiger partial charge in [0, 0.05) is 38.0 Å². The van der Waals surface area contributed by atoms with E-state index < -0.39 is 0 Å². The van der Waals surface area contributed by atoms with Crippen LogP contribution in [0.4, 0.5) is 0 Å². The topological polar surface area (TPSA) is 82.6 Å². The molecule has 154 valence electrons. The first-order valence-corrected chi connectivity index (χ1v) is 10.9. The number of carbonyl (C=O) groups is 3. The molecule has 3 heterocycles. The van der Waals surface area contributed by atoms with Crippen LogP contribution in [0.3, 0.4) is 0 Å². The number of fused-ring (bicyclic) bond motifs is 1. The highest BCUT2D eigenvalue weighted by atomic mass is 32.1. The molecule has 2 aliphatic rings. The maximum absolute atomic E-state index is 13.0. The first-order valence-electron chi connectivity index (χ1n) is 10.2. The molecule has 1 aromatic heterocycles. The molecule has 0 aliphatic carbocycles. The van der Waals surface area contributed by atoms with Crippen molar-refractivity contribution in [2.24, 2.45) is 5.92 Å². The number of nitrogens with one attached hydrogen (secondary N) is 1. The molecule has 2 fully saturated rings. The fourth-order valence-corrected chi connectivity index (χ4v) is 5.25. The summed E-state index contributed by atoms with van der Waals surface area (Å²) in [5, 5.41) is 3.99. The molecule has 8 heteroatoms. The summed E-state index contributed by atoms with van der Waals surface area (Å²) in [6.07, 6.45) is 2.43. The van der Waals surface area contributed by atoms with E-state index in [2.05, 4.69) is 9.69 Å². The van der Waals surface area contributed by atoms with Gasteiger partial charge >= 0.3 is 0 Å². The predicted octanol–water partition coefficient (Wildman–Crippen LogP) is 2.27. The van der Waals surface area contributed by atoms with Gasteiger partial charge in [0.1, 0.15) is 10.9 Å². The van der Waals surface area contributed by atoms with Crippen molar-refractivity contribution in [3.63, 3.8) is 0 Å². The van der Waals surface area contributed by atoms with Crippen LogP contribution in [0.5, 0.6) is 0 Å². The van der Waals surface area contributed by atoms with Gasteiger partial charge < -0.3 is 15.1 Å². The molecular formula is C21H26N4O3S. The highest BCUT2D eigenvalue weighted by Crippen LogP contribution is 2.27. The van der Waals surface area contributed by atoms with Gasteiger partial charge in [-0.15, -0.1) is 0 Å². The quantitative estimate of drug-likeness (QED) is 0.832. The van der Waals surface area contributed by atoms with E-state index in [4.69, 9.17) is 0 Å². The molecule has 2 saturated heterocycles. The Morgan fingerprint density at radius 2 is 2.00 bits per heavy atom. The van der Waals surface area contributed by atoms with Gasteiger partial charge in [0.05, 0.1) is 5.52 Å². The second-order valence-electron chi connectivity index (χ2n) is 8.00. The zero-order chi connectivity index (χ0) is 20.5. The molecule has 1 N–H and O–H groups in total. The maximum atomic E-state index is 13.0. The first-order chi connectivity index (χ1) is 14.0. The third kappa shape index (κ3) is 3.85. The second kappa shape index (κ2) is 8.10. The molecule has 3 atom stereocenters. The molecule has 29 heavy (non-hydrogen) atoms. The van der Waals surface area contributed by atoms with Gasteiger partial charge in [-0.25, -0.2) is 0 Å². The number of aromatic nitrogens is 1. The Kier molecular flexibility index (Phi) is 5.54. The zero-order valence-electron chi connectivity index (χ0n) is 16.8. The van der Waals surface area contributed by atoms with Crippen molar-refractivity contribution < 1.29 is 14.4 Å². The van der Waals surface area contributed by atoms with E-state index >= 15 is 0 Å². The van der Waals surface area contributed by atoms with Crippen LogP contribution in [0.15, 0.2) is 24.3 Å². The molecule has 0 radical (unpaired) electrons. The predicted molar refractivity (Wildman–Crippen MR) is 112 cm³/mol. The molecule has 2 unspecified atom stereocenters. The lowest BCUT2D eigenvalue weighted by molar-refractivity contribution is -0.137. The Hall–Kier alpha value is -2.48. The van der Waals surface area contributed by atoms with Crippen molar-refractivity contribution in [2.45, 2.75) is 45.2 Å². The third-order valence-electron chi connectivity index (χ3n) is 6.13. The summed E-state index contributed by atoms with van der Waals surface area (Å²) >= 11 is 1.25. The summed E-state index contributed by atoms with van der Waals surface area (Å²) in [4.78, 5) is 41.6. The smallest absolute Gasteiger partial charge is 0.266 e. The Bertz CT molecular complexity index is 943. The molecule has 7 nitrogen and oxygen atoms in total. The number of likely N-dealkylation sites (tertiary alicyclic amines) is 2. The van der Waals surface area contributed by atoms with E-state index in [0.717, 1.165) is 23.7 Å². The van der Waals surface area contributed by atoms with Crippen molar-refractivity contribution in [3.05, 3.63) is 29.1 Å². The van der Waals surface area contributed by atoms with Crippen molar-refractivity contribution >= 4 is 40.2 Å². The minimum atomic E-state index is -0.363. The van der Waals surface area contributed by atoms with Gasteiger partial charge in [-0.2, -0.15) is 4.37 Å². The fraction of sp³-hybridized carbons (Fsp3) is 0.524. The van der Waals surface area contributed by atoms with Gasteiger partial charge in [0.15, 0.2) is 0 Å². The van der Waals surface area contributed by atoms with Crippen LogP contribution in [-0.4, -0.2) is 63.6 Å². The van der Waals surface area contributed by atoms with Crippen LogP contribution >= 0.6 is 11.5 Å². The van der Waals surface area contributed by atoms with E-state index in [1.54, 1.807) is 4.90 Å². The fourth-order valence-electron chi connectivity index (χ4n) is 4.42. The van der Waals surface area contributed by atoms with Gasteiger partial charge in [-0.1, -0.05) is 18.2 Å². The Morgan fingerprint density at radius 3 is 2.79 bits per heavy atom. The Balaban J connectivity index is 1.37. The van der Waals surface area contributed by atoms with Gasteiger partial charge in [-0.05, 0) is 49.7 Å². The number of rotatable bonds is 4. The summed E-state index contributed by atoms with van der Waals surface area (Å²) in [7, 11) is 0. The van der Waals surface area contributed by atoms with E-state index in [-0.39, 0.29) is 35.7 Å². The minimum absolute atomic E-state index is 0.0169. The molecule has 3 amide bonds. The molecular weight excluding hydrogens is 388 g/mol. The molecule has 4 rings (SSSR count). The van der Waals surface area contributed by atoms with Crippen LogP contribution in [0, 0.1) is 5.92 Å². The average molecular weight is 415 g/mol. The van der Waals surface area contributed by atoms with E-state index in [9.17, 15) is 14.4 Å². The number of benzene rings is 1. The van der Waals surface area contributed by atoms with Gasteiger partial charge in [0.2, 0.25) is 11.8 Å². The van der Waals surface area contributed by atoms with Crippen LogP contribution in [0.25, 0.3) is 10.9 Å². The lowest BCUT2D eigenvalue weighted by Crippen LogP contribution is -2.49. The summed E-state index contributed by atoms with van der Waals surface area (Å²) in [5.74, 6) is 0.0886. The molecule has 0 spiro atoms. The minimum Gasteiger partial charge on any atom is -0.352 e. The number of amides is 3. The van der Waals surface area contributed by atoms with Crippen molar-refractivity contribution in [1.82, 2.24) is 19.5 Å². The Labute approximate surface area is 174 Å². The average Bonchev–Trinajstić information content (AvgIpc) is 3.46. The molecule has 1 aromatic carbocycles. The number of hydrogen-bond acceptors (Lipinski definition) is 5. The largest absolute Gasteiger partial charge is 0.352 e. The third-order valence-corrected chi connectivity index (χ3v) is 6.99. The van der Waals surface area contributed by atoms with Crippen LogP contribution in [0.1, 0.15) is 42.8 Å². The molecule has 2 aliphatic heterocycles. The normalized spacial score (nSPS) is 22.8. The first kappa shape index (κ1) is 19.8. The van der Waals surface area contributed by atoms with Gasteiger partial charge in [-0.3, -0.25) is 14.4 Å². The standard InChI is InChI=1S/C21H26N4O3S/c1-13(22-20(27)18-8-5-10-25(18)14(2)26)15-9-11-24(12-15)21(28)19-16-6-3-4-7-17(16)23-29-19/h3-4,6-7,13,15,18H,5,8-12H2,1-2H3,(H,22,27)/t13?,15?,18-/m1/s1. The van der Waals surface area contributed by atoms with E-state index in [0.29, 0.717) is 30.9 Å². The SMILES string of the molecule is CC(=O)N1CCC[C@@H]1C(=O)NC(C)C1CCN(C(=O)c2snc3ccccc23)C1. The highest BCUT2D eigenvalue weighted by molar-refractivity contribution is 7.09. The van der Waals surface area contributed by atoms with Crippen molar-refractivity contribution in [1.29, 1.82) is 0 Å². The number of hydrogen-bond donors (Lipinski definition) is 1. The zero-order valence-corrected chi connectivity index (χ0v) is 17.6. The van der Waals surface area contributed by atoms with Crippen molar-refractivity contribution in [2.75, 3.05) is 19.6 Å². The van der Waals surface area contributed by atoms with Gasteiger partial charge in [0.25, 0.3) is 5.91 Å². The summed E-state index contributed by atoms with van der Waals surface area (Å²) in [6, 6.07) is 7.28. The monoisotopic (exact) mass is 414 g/mol. The lowest BCUT2D eigenvalue weighted by Gasteiger charge is -2.26. The summed E-state index contributed by atoms with van der Waals surface area (Å²) < 4.78 is 4.38. The summed E-state index contributed by atoms with van der Waals surface area (Å²) in [5.41, 5.74) is 0.851. The van der Waals surface area contributed by atoms with Crippen LogP contribution in [-0.2, 0) is 9.59 Å². The molecule has 0 bridgehead atoms. The maximum Gasteiger partial charge on any atom is 0.266 e. The van der Waals surface area contributed by atoms with E-state index in [1.807, 2.05) is 36.1 Å². The molecule has 0 saturated carbocycles. The van der Waals surface area contributed by atoms with Crippen LogP contribution < -0.4 is 5.32 Å².